The molecule has 2 bridgehead atoms. The van der Waals surface area contributed by atoms with Crippen molar-refractivity contribution < 1.29 is 28.9 Å². The van der Waals surface area contributed by atoms with Gasteiger partial charge in [-0.15, -0.1) is 0 Å². The van der Waals surface area contributed by atoms with Crippen LogP contribution in [0.15, 0.2) is 60.8 Å². The normalized spacial score (nSPS) is 28.6. The van der Waals surface area contributed by atoms with Gasteiger partial charge in [-0.3, -0.25) is 4.79 Å². The molecule has 4 aliphatic rings. The maximum absolute atomic E-state index is 13.2. The number of hydrogen-bond acceptors (Lipinski definition) is 7. The van der Waals surface area contributed by atoms with Gasteiger partial charge in [0.25, 0.3) is 0 Å². The highest BCUT2D eigenvalue weighted by atomic mass is 35.5. The van der Waals surface area contributed by atoms with Gasteiger partial charge in [0, 0.05) is 49.2 Å². The van der Waals surface area contributed by atoms with Crippen molar-refractivity contribution in [1.29, 1.82) is 0 Å². The zero-order chi connectivity index (χ0) is 32.4. The van der Waals surface area contributed by atoms with Crippen LogP contribution in [0.1, 0.15) is 61.1 Å². The van der Waals surface area contributed by atoms with E-state index >= 15 is 0 Å². The summed E-state index contributed by atoms with van der Waals surface area (Å²) >= 11 is 6.45. The number of nitrogens with zero attached hydrogens (tertiary/aromatic N) is 2. The lowest BCUT2D eigenvalue weighted by molar-refractivity contribution is -0.145. The van der Waals surface area contributed by atoms with Gasteiger partial charge in [-0.1, -0.05) is 42.5 Å². The number of carboxylic acid groups (broad SMARTS) is 1. The molecular formula is C37H45ClN2O6. The lowest BCUT2D eigenvalue weighted by atomic mass is 9.68. The molecule has 246 valence electrons. The molecule has 1 saturated carbocycles. The molecule has 2 aromatic carbocycles. The van der Waals surface area contributed by atoms with Gasteiger partial charge in [-0.05, 0) is 91.3 Å². The predicted molar refractivity (Wildman–Crippen MR) is 179 cm³/mol. The van der Waals surface area contributed by atoms with E-state index in [-0.39, 0.29) is 30.0 Å². The first-order chi connectivity index (χ1) is 22.2. The van der Waals surface area contributed by atoms with Crippen LogP contribution >= 0.6 is 11.6 Å². The van der Waals surface area contributed by atoms with Crippen molar-refractivity contribution in [2.75, 3.05) is 51.9 Å². The number of methoxy groups -OCH3 is 1. The average Bonchev–Trinajstić information content (AvgIpc) is 3.18. The minimum absolute atomic E-state index is 0.197. The number of carboxylic acids is 1. The molecule has 0 radical (unpaired) electrons. The molecule has 46 heavy (non-hydrogen) atoms. The number of aryl methyl sites for hydroxylation is 1. The van der Waals surface area contributed by atoms with E-state index in [2.05, 4.69) is 46.7 Å². The molecule has 8 nitrogen and oxygen atoms in total. The Bertz CT molecular complexity index is 1510. The maximum Gasteiger partial charge on any atom is 0.329 e. The number of anilines is 1. The molecule has 0 unspecified atom stereocenters. The van der Waals surface area contributed by atoms with E-state index in [1.165, 1.54) is 18.2 Å². The van der Waals surface area contributed by atoms with Gasteiger partial charge >= 0.3 is 11.9 Å². The minimum Gasteiger partial charge on any atom is -0.490 e. The summed E-state index contributed by atoms with van der Waals surface area (Å²) in [4.78, 5) is 29.3. The van der Waals surface area contributed by atoms with Crippen molar-refractivity contribution >= 4 is 29.2 Å². The van der Waals surface area contributed by atoms with Crippen molar-refractivity contribution in [3.05, 3.63) is 82.5 Å². The summed E-state index contributed by atoms with van der Waals surface area (Å²) in [6, 6.07) is 12.4. The Morgan fingerprint density at radius 1 is 1.20 bits per heavy atom. The SMILES string of the molecule is C=C1C[C@H](C(=O)OC)c2ccc3c(c2)N(C[C@@H]2CC[C@H]2[C@@H](OCC(=O)O)/C=C/CCN1C)C[C@@]1(CCCc2cc(Cl)ccc21)CO3. The molecule has 9 heteroatoms. The molecule has 0 amide bonds. The molecule has 1 fully saturated rings. The van der Waals surface area contributed by atoms with Crippen molar-refractivity contribution in [1.82, 2.24) is 4.90 Å². The van der Waals surface area contributed by atoms with Gasteiger partial charge < -0.3 is 29.1 Å². The number of benzene rings is 2. The van der Waals surface area contributed by atoms with E-state index < -0.39 is 11.9 Å². The third-order valence-electron chi connectivity index (χ3n) is 10.6. The zero-order valence-electron chi connectivity index (χ0n) is 26.9. The molecule has 6 rings (SSSR count). The smallest absolute Gasteiger partial charge is 0.329 e. The molecule has 2 aromatic rings. The number of hydrogen-bond donors (Lipinski definition) is 1. The fraction of sp³-hybridized carbons (Fsp3) is 0.514. The summed E-state index contributed by atoms with van der Waals surface area (Å²) in [5.74, 6) is -0.453. The number of aliphatic carboxylic acids is 1. The molecule has 0 saturated heterocycles. The monoisotopic (exact) mass is 648 g/mol. The number of allylic oxidation sites excluding steroid dienone is 1. The minimum atomic E-state index is -0.961. The summed E-state index contributed by atoms with van der Waals surface area (Å²) in [6.45, 7) is 6.79. The Balaban J connectivity index is 1.43. The first kappa shape index (κ1) is 32.5. The Labute approximate surface area is 276 Å². The predicted octanol–water partition coefficient (Wildman–Crippen LogP) is 6.36. The van der Waals surface area contributed by atoms with Gasteiger partial charge in [0.1, 0.15) is 12.4 Å². The van der Waals surface area contributed by atoms with Gasteiger partial charge in [0.05, 0.1) is 31.4 Å². The van der Waals surface area contributed by atoms with E-state index in [9.17, 15) is 14.7 Å². The lowest BCUT2D eigenvalue weighted by Crippen LogP contribution is -2.49. The van der Waals surface area contributed by atoms with E-state index in [1.54, 1.807) is 0 Å². The summed E-state index contributed by atoms with van der Waals surface area (Å²) in [5, 5.41) is 10.2. The van der Waals surface area contributed by atoms with Gasteiger partial charge in [0.2, 0.25) is 0 Å². The van der Waals surface area contributed by atoms with E-state index in [0.29, 0.717) is 25.5 Å². The molecule has 1 spiro atoms. The zero-order valence-corrected chi connectivity index (χ0v) is 27.6. The summed E-state index contributed by atoms with van der Waals surface area (Å²) in [7, 11) is 3.42. The van der Waals surface area contributed by atoms with Crippen molar-refractivity contribution in [3.8, 4) is 5.75 Å². The molecular weight excluding hydrogens is 604 g/mol. The third kappa shape index (κ3) is 6.65. The van der Waals surface area contributed by atoms with Crippen molar-refractivity contribution in [2.24, 2.45) is 11.8 Å². The van der Waals surface area contributed by atoms with Crippen LogP contribution < -0.4 is 9.64 Å². The lowest BCUT2D eigenvalue weighted by Gasteiger charge is -2.46. The van der Waals surface area contributed by atoms with E-state index in [1.807, 2.05) is 25.2 Å². The third-order valence-corrected chi connectivity index (χ3v) is 10.9. The fourth-order valence-corrected chi connectivity index (χ4v) is 8.10. The topological polar surface area (TPSA) is 88.5 Å². The van der Waals surface area contributed by atoms with E-state index in [4.69, 9.17) is 25.8 Å². The van der Waals surface area contributed by atoms with Crippen LogP contribution in [0, 0.1) is 11.8 Å². The number of ether oxygens (including phenoxy) is 3. The molecule has 2 aliphatic carbocycles. The highest BCUT2D eigenvalue weighted by Crippen LogP contribution is 2.47. The van der Waals surface area contributed by atoms with Crippen LogP contribution in [0.25, 0.3) is 0 Å². The maximum atomic E-state index is 13.2. The van der Waals surface area contributed by atoms with Crippen molar-refractivity contribution in [2.45, 2.75) is 62.4 Å². The average molecular weight is 649 g/mol. The fourth-order valence-electron chi connectivity index (χ4n) is 7.90. The highest BCUT2D eigenvalue weighted by Gasteiger charge is 2.44. The summed E-state index contributed by atoms with van der Waals surface area (Å²) < 4.78 is 18.0. The highest BCUT2D eigenvalue weighted by molar-refractivity contribution is 6.30. The molecule has 1 N–H and O–H groups in total. The Hall–Kier alpha value is -3.49. The molecule has 0 aromatic heterocycles. The van der Waals surface area contributed by atoms with Crippen LogP contribution in [-0.4, -0.2) is 75.1 Å². The molecule has 2 aliphatic heterocycles. The number of esters is 1. The summed E-state index contributed by atoms with van der Waals surface area (Å²) in [6.07, 6.45) is 10.1. The molecule has 5 atom stereocenters. The Morgan fingerprint density at radius 3 is 2.80 bits per heavy atom. The largest absolute Gasteiger partial charge is 0.490 e. The Morgan fingerprint density at radius 2 is 2.04 bits per heavy atom. The number of carbonyl (C=O) groups is 2. The number of fused-ring (bicyclic) bond motifs is 4. The Kier molecular flexibility index (Phi) is 9.67. The second kappa shape index (κ2) is 13.7. The first-order valence-electron chi connectivity index (χ1n) is 16.4. The van der Waals surface area contributed by atoms with Gasteiger partial charge in [0.15, 0.2) is 0 Å². The van der Waals surface area contributed by atoms with Gasteiger partial charge in [-0.2, -0.15) is 0 Å². The summed E-state index contributed by atoms with van der Waals surface area (Å²) in [5.41, 5.74) is 5.04. The van der Waals surface area contributed by atoms with Crippen LogP contribution in [-0.2, 0) is 30.9 Å². The van der Waals surface area contributed by atoms with Crippen LogP contribution in [0.5, 0.6) is 5.75 Å². The second-order valence-electron chi connectivity index (χ2n) is 13.5. The van der Waals surface area contributed by atoms with E-state index in [0.717, 1.165) is 79.3 Å². The van der Waals surface area contributed by atoms with Crippen LogP contribution in [0.4, 0.5) is 5.69 Å². The number of carbonyl (C=O) groups excluding carboxylic acids is 1. The molecule has 2 heterocycles. The van der Waals surface area contributed by atoms with Gasteiger partial charge in [-0.25, -0.2) is 4.79 Å². The number of halogens is 1. The number of rotatable bonds is 4. The second-order valence-corrected chi connectivity index (χ2v) is 13.9. The van der Waals surface area contributed by atoms with Crippen molar-refractivity contribution in [3.63, 3.8) is 0 Å². The standard InChI is InChI=1S/C37H45ClN2O6/c1-24-17-30(36(43)44-3)25-10-14-34-32(19-25)40(22-37(23-46-34)15-6-7-26-18-28(38)11-13-31(26)37)20-27-9-12-29(27)33(45-21-35(41)42)8-4-5-16-39(24)2/h4,8,10-11,13-14,18-19,27,29-30,33H,1,5-7,9,12,15-17,20-23H2,2-3H3,(H,41,42)/b8-4+/t27-,29+,30-,33-,37-/m0/s1. The van der Waals surface area contributed by atoms with Crippen LogP contribution in [0.2, 0.25) is 5.02 Å². The first-order valence-corrected chi connectivity index (χ1v) is 16.8. The quantitative estimate of drug-likeness (QED) is 0.303. The van der Waals surface area contributed by atoms with Crippen LogP contribution in [0.3, 0.4) is 0 Å².